The van der Waals surface area contributed by atoms with E-state index < -0.39 is 0 Å². The summed E-state index contributed by atoms with van der Waals surface area (Å²) >= 11 is 0. The first-order chi connectivity index (χ1) is 6.22. The van der Waals surface area contributed by atoms with Crippen molar-refractivity contribution in [3.63, 3.8) is 0 Å². The van der Waals surface area contributed by atoms with E-state index in [-0.39, 0.29) is 0 Å². The predicted molar refractivity (Wildman–Crippen MR) is 54.8 cm³/mol. The second-order valence-corrected chi connectivity index (χ2v) is 4.22. The number of nitrogens with zero attached hydrogens (tertiary/aromatic N) is 2. The normalized spacial score (nSPS) is 23.3. The molecule has 3 heteroatoms. The van der Waals surface area contributed by atoms with Crippen molar-refractivity contribution >= 4 is 0 Å². The highest BCUT2D eigenvalue weighted by molar-refractivity contribution is 4.70. The van der Waals surface area contributed by atoms with E-state index in [1.54, 1.807) is 0 Å². The number of hydrogen-bond donors (Lipinski definition) is 1. The Kier molecular flexibility index (Phi) is 4.70. The minimum atomic E-state index is 0.328. The maximum absolute atomic E-state index is 8.78. The first-order valence-corrected chi connectivity index (χ1v) is 5.24. The Bertz CT molecular complexity index is 133. The van der Waals surface area contributed by atoms with Crippen LogP contribution < -0.4 is 0 Å². The van der Waals surface area contributed by atoms with Crippen molar-refractivity contribution in [2.24, 2.45) is 5.92 Å². The van der Waals surface area contributed by atoms with Gasteiger partial charge in [-0.2, -0.15) is 0 Å². The summed E-state index contributed by atoms with van der Waals surface area (Å²) in [5, 5.41) is 8.78. The maximum atomic E-state index is 8.78. The number of aliphatic hydroxyl groups excluding tert-OH is 1. The third-order valence-electron chi connectivity index (χ3n) is 2.79. The summed E-state index contributed by atoms with van der Waals surface area (Å²) in [7, 11) is 2.18. The molecule has 0 radical (unpaired) electrons. The molecule has 1 saturated heterocycles. The van der Waals surface area contributed by atoms with Crippen LogP contribution in [0.15, 0.2) is 0 Å². The van der Waals surface area contributed by atoms with Crippen LogP contribution in [0.25, 0.3) is 0 Å². The molecular formula is C10H22N2O. The largest absolute Gasteiger partial charge is 0.396 e. The van der Waals surface area contributed by atoms with Crippen LogP contribution in [0.4, 0.5) is 0 Å². The molecule has 1 heterocycles. The highest BCUT2D eigenvalue weighted by Gasteiger charge is 2.15. The Hall–Kier alpha value is -0.120. The third kappa shape index (κ3) is 4.07. The third-order valence-corrected chi connectivity index (χ3v) is 2.79. The molecule has 1 aliphatic heterocycles. The molecule has 1 aliphatic rings. The smallest absolute Gasteiger partial charge is 0.0434 e. The van der Waals surface area contributed by atoms with Crippen molar-refractivity contribution < 1.29 is 5.11 Å². The Morgan fingerprint density at radius 2 is 1.85 bits per heavy atom. The fourth-order valence-corrected chi connectivity index (χ4v) is 1.78. The summed E-state index contributed by atoms with van der Waals surface area (Å²) in [5.41, 5.74) is 0. The molecule has 0 aromatic carbocycles. The summed E-state index contributed by atoms with van der Waals surface area (Å²) in [6.45, 7) is 8.44. The van der Waals surface area contributed by atoms with Gasteiger partial charge in [-0.15, -0.1) is 0 Å². The summed E-state index contributed by atoms with van der Waals surface area (Å²) in [5.74, 6) is 0.633. The number of hydrogen-bond acceptors (Lipinski definition) is 3. The molecule has 1 unspecified atom stereocenters. The van der Waals surface area contributed by atoms with Crippen LogP contribution in [-0.4, -0.2) is 61.3 Å². The predicted octanol–water partition coefficient (Wildman–Crippen LogP) is 0.252. The van der Waals surface area contributed by atoms with Gasteiger partial charge in [0.2, 0.25) is 0 Å². The van der Waals surface area contributed by atoms with Crippen molar-refractivity contribution in [1.29, 1.82) is 0 Å². The molecule has 1 atom stereocenters. The van der Waals surface area contributed by atoms with Gasteiger partial charge in [0.15, 0.2) is 0 Å². The Morgan fingerprint density at radius 1 is 1.23 bits per heavy atom. The second-order valence-electron chi connectivity index (χ2n) is 4.22. The van der Waals surface area contributed by atoms with Crippen LogP contribution in [0.2, 0.25) is 0 Å². The van der Waals surface area contributed by atoms with Crippen LogP contribution in [0.5, 0.6) is 0 Å². The molecule has 0 saturated carbocycles. The lowest BCUT2D eigenvalue weighted by molar-refractivity contribution is 0.131. The molecule has 0 aromatic rings. The van der Waals surface area contributed by atoms with Crippen LogP contribution in [0.1, 0.15) is 13.3 Å². The van der Waals surface area contributed by atoms with E-state index in [1.807, 2.05) is 0 Å². The zero-order chi connectivity index (χ0) is 9.68. The topological polar surface area (TPSA) is 26.7 Å². The SMILES string of the molecule is CC(CCO)CN1CCN(C)CC1. The molecule has 1 rings (SSSR count). The average molecular weight is 186 g/mol. The minimum Gasteiger partial charge on any atom is -0.396 e. The van der Waals surface area contributed by atoms with E-state index in [0.29, 0.717) is 12.5 Å². The molecule has 0 amide bonds. The zero-order valence-corrected chi connectivity index (χ0v) is 8.87. The van der Waals surface area contributed by atoms with Gasteiger partial charge in [-0.1, -0.05) is 6.92 Å². The molecular weight excluding hydrogens is 164 g/mol. The lowest BCUT2D eigenvalue weighted by Gasteiger charge is -2.33. The molecule has 0 bridgehead atoms. The number of rotatable bonds is 4. The lowest BCUT2D eigenvalue weighted by atomic mass is 10.1. The van der Waals surface area contributed by atoms with Crippen LogP contribution in [0, 0.1) is 5.92 Å². The first kappa shape index (κ1) is 11.0. The van der Waals surface area contributed by atoms with Crippen molar-refractivity contribution in [2.45, 2.75) is 13.3 Å². The summed E-state index contributed by atoms with van der Waals surface area (Å²) in [4.78, 5) is 4.87. The maximum Gasteiger partial charge on any atom is 0.0434 e. The molecule has 0 spiro atoms. The molecule has 78 valence electrons. The Balaban J connectivity index is 2.14. The van der Waals surface area contributed by atoms with E-state index >= 15 is 0 Å². The van der Waals surface area contributed by atoms with Gasteiger partial charge in [0.05, 0.1) is 0 Å². The van der Waals surface area contributed by atoms with Gasteiger partial charge in [0.1, 0.15) is 0 Å². The molecule has 3 nitrogen and oxygen atoms in total. The van der Waals surface area contributed by atoms with Gasteiger partial charge in [-0.05, 0) is 19.4 Å². The number of likely N-dealkylation sites (N-methyl/N-ethyl adjacent to an activating group) is 1. The lowest BCUT2D eigenvalue weighted by Crippen LogP contribution is -2.45. The average Bonchev–Trinajstić information content (AvgIpc) is 2.09. The van der Waals surface area contributed by atoms with E-state index in [2.05, 4.69) is 23.8 Å². The zero-order valence-electron chi connectivity index (χ0n) is 8.87. The van der Waals surface area contributed by atoms with E-state index in [4.69, 9.17) is 5.11 Å². The fourth-order valence-electron chi connectivity index (χ4n) is 1.78. The van der Waals surface area contributed by atoms with Crippen LogP contribution in [-0.2, 0) is 0 Å². The van der Waals surface area contributed by atoms with Gasteiger partial charge in [-0.25, -0.2) is 0 Å². The standard InChI is InChI=1S/C10H22N2O/c1-10(3-8-13)9-12-6-4-11(2)5-7-12/h10,13H,3-9H2,1-2H3. The highest BCUT2D eigenvalue weighted by Crippen LogP contribution is 2.06. The van der Waals surface area contributed by atoms with Crippen LogP contribution in [0.3, 0.4) is 0 Å². The van der Waals surface area contributed by atoms with Gasteiger partial charge in [-0.3, -0.25) is 0 Å². The van der Waals surface area contributed by atoms with E-state index in [0.717, 1.165) is 13.0 Å². The molecule has 0 aromatic heterocycles. The minimum absolute atomic E-state index is 0.328. The molecule has 1 fully saturated rings. The van der Waals surface area contributed by atoms with Crippen molar-refractivity contribution in [3.8, 4) is 0 Å². The fraction of sp³-hybridized carbons (Fsp3) is 1.00. The van der Waals surface area contributed by atoms with Gasteiger partial charge in [0, 0.05) is 39.3 Å². The van der Waals surface area contributed by atoms with E-state index in [1.165, 1.54) is 26.2 Å². The first-order valence-electron chi connectivity index (χ1n) is 5.24. The number of aliphatic hydroxyl groups is 1. The summed E-state index contributed by atoms with van der Waals surface area (Å²) in [6.07, 6.45) is 0.937. The monoisotopic (exact) mass is 186 g/mol. The van der Waals surface area contributed by atoms with Crippen molar-refractivity contribution in [3.05, 3.63) is 0 Å². The quantitative estimate of drug-likeness (QED) is 0.682. The van der Waals surface area contributed by atoms with Gasteiger partial charge < -0.3 is 14.9 Å². The second kappa shape index (κ2) is 5.58. The summed E-state index contributed by atoms with van der Waals surface area (Å²) < 4.78 is 0. The molecule has 13 heavy (non-hydrogen) atoms. The Labute approximate surface area is 81.3 Å². The van der Waals surface area contributed by atoms with Crippen molar-refractivity contribution in [2.75, 3.05) is 46.4 Å². The summed E-state index contributed by atoms with van der Waals surface area (Å²) in [6, 6.07) is 0. The Morgan fingerprint density at radius 3 is 2.38 bits per heavy atom. The molecule has 0 aliphatic carbocycles. The van der Waals surface area contributed by atoms with Gasteiger partial charge >= 0.3 is 0 Å². The highest BCUT2D eigenvalue weighted by atomic mass is 16.3. The van der Waals surface area contributed by atoms with Crippen LogP contribution >= 0.6 is 0 Å². The number of piperazine rings is 1. The van der Waals surface area contributed by atoms with Gasteiger partial charge in [0.25, 0.3) is 0 Å². The molecule has 1 N–H and O–H groups in total. The van der Waals surface area contributed by atoms with E-state index in [9.17, 15) is 0 Å². The van der Waals surface area contributed by atoms with Crippen molar-refractivity contribution in [1.82, 2.24) is 9.80 Å².